The number of benzene rings is 3. The highest BCUT2D eigenvalue weighted by atomic mass is 16.5. The van der Waals surface area contributed by atoms with Crippen LogP contribution in [-0.4, -0.2) is 5.91 Å². The van der Waals surface area contributed by atoms with Gasteiger partial charge < -0.3 is 10.1 Å². The third kappa shape index (κ3) is 6.48. The highest BCUT2D eigenvalue weighted by Gasteiger charge is 2.26. The van der Waals surface area contributed by atoms with Crippen molar-refractivity contribution in [1.82, 2.24) is 0 Å². The summed E-state index contributed by atoms with van der Waals surface area (Å²) in [5, 5.41) is 5.22. The number of anilines is 1. The molecule has 0 aliphatic heterocycles. The Kier molecular flexibility index (Phi) is 9.44. The third-order valence-electron chi connectivity index (χ3n) is 5.90. The summed E-state index contributed by atoms with van der Waals surface area (Å²) in [5.41, 5.74) is 3.34. The lowest BCUT2D eigenvalue weighted by molar-refractivity contribution is -0.115. The molecule has 3 heteroatoms. The first-order valence-electron chi connectivity index (χ1n) is 11.8. The molecule has 0 aliphatic carbocycles. The maximum Gasteiger partial charge on any atom is 0.228 e. The summed E-state index contributed by atoms with van der Waals surface area (Å²) in [7, 11) is 0. The minimum Gasteiger partial charge on any atom is -0.461 e. The molecule has 3 rings (SSSR count). The molecule has 34 heavy (non-hydrogen) atoms. The fourth-order valence-corrected chi connectivity index (χ4v) is 3.51. The monoisotopic (exact) mass is 455 g/mol. The van der Waals surface area contributed by atoms with Crippen LogP contribution in [0.15, 0.2) is 97.3 Å². The fourth-order valence-electron chi connectivity index (χ4n) is 3.51. The van der Waals surface area contributed by atoms with Crippen LogP contribution in [0.5, 0.6) is 0 Å². The Balaban J connectivity index is 0.00000199. The summed E-state index contributed by atoms with van der Waals surface area (Å²) in [5.74, 6) is 1.31. The Morgan fingerprint density at radius 2 is 1.59 bits per heavy atom. The molecular formula is C31H37NO2. The van der Waals surface area contributed by atoms with Crippen molar-refractivity contribution >= 4 is 28.1 Å². The molecule has 0 aliphatic rings. The van der Waals surface area contributed by atoms with Crippen LogP contribution in [0, 0.1) is 5.41 Å². The molecule has 1 amide bonds. The molecule has 3 aromatic rings. The lowest BCUT2D eigenvalue weighted by Crippen LogP contribution is -2.17. The molecule has 0 spiro atoms. The van der Waals surface area contributed by atoms with Gasteiger partial charge in [-0.05, 0) is 74.4 Å². The molecule has 0 bridgehead atoms. The van der Waals surface area contributed by atoms with Crippen LogP contribution in [0.1, 0.15) is 52.7 Å². The lowest BCUT2D eigenvalue weighted by Gasteiger charge is -2.29. The Labute approximate surface area is 204 Å². The summed E-state index contributed by atoms with van der Waals surface area (Å²) in [6, 6.07) is 21.7. The van der Waals surface area contributed by atoms with E-state index in [2.05, 4.69) is 44.5 Å². The van der Waals surface area contributed by atoms with Gasteiger partial charge in [-0.1, -0.05) is 75.0 Å². The molecule has 0 fully saturated rings. The van der Waals surface area contributed by atoms with E-state index in [-0.39, 0.29) is 11.3 Å². The van der Waals surface area contributed by atoms with Crippen molar-refractivity contribution in [2.45, 2.75) is 48.0 Å². The van der Waals surface area contributed by atoms with Crippen LogP contribution < -0.4 is 5.32 Å². The predicted molar refractivity (Wildman–Crippen MR) is 147 cm³/mol. The van der Waals surface area contributed by atoms with E-state index in [4.69, 9.17) is 4.74 Å². The zero-order valence-corrected chi connectivity index (χ0v) is 21.4. The molecule has 3 aromatic carbocycles. The maximum atomic E-state index is 12.6. The Hall–Kier alpha value is -3.59. The van der Waals surface area contributed by atoms with E-state index in [9.17, 15) is 4.79 Å². The Morgan fingerprint density at radius 3 is 2.21 bits per heavy atom. The second-order valence-electron chi connectivity index (χ2n) is 8.52. The van der Waals surface area contributed by atoms with Gasteiger partial charge in [0.1, 0.15) is 11.5 Å². The average molecular weight is 456 g/mol. The van der Waals surface area contributed by atoms with Crippen LogP contribution in [0.25, 0.3) is 16.5 Å². The van der Waals surface area contributed by atoms with E-state index < -0.39 is 0 Å². The number of hydrogen-bond acceptors (Lipinski definition) is 2. The van der Waals surface area contributed by atoms with Gasteiger partial charge in [0, 0.05) is 16.7 Å². The van der Waals surface area contributed by atoms with Gasteiger partial charge in [-0.2, -0.15) is 0 Å². The SMILES string of the molecule is C=C(O/C(=C/C)C(C)(C)C(=C)C)c1ccc(NC(=O)Cc2cccc3ccccc23)cc1.CC. The quantitative estimate of drug-likeness (QED) is 0.273. The van der Waals surface area contributed by atoms with E-state index in [1.54, 1.807) is 0 Å². The second-order valence-corrected chi connectivity index (χ2v) is 8.52. The normalized spacial score (nSPS) is 11.3. The lowest BCUT2D eigenvalue weighted by atomic mass is 9.83. The fraction of sp³-hybridized carbons (Fsp3) is 0.258. The standard InChI is InChI=1S/C29H31NO2.C2H6/c1-7-27(29(5,6)20(2)3)32-21(4)22-15-17-25(18-16-22)30-28(31)19-24-13-10-12-23-11-8-9-14-26(23)24;1-2/h7-18H,2,4,19H2,1,3,5-6H3,(H,30,31);1-2H3/b27-7+;. The van der Waals surface area contributed by atoms with E-state index in [1.165, 1.54) is 0 Å². The number of hydrogen-bond donors (Lipinski definition) is 1. The Bertz CT molecular complexity index is 1180. The van der Waals surface area contributed by atoms with Gasteiger partial charge in [0.15, 0.2) is 0 Å². The van der Waals surface area contributed by atoms with E-state index in [0.29, 0.717) is 12.2 Å². The summed E-state index contributed by atoms with van der Waals surface area (Å²) in [4.78, 5) is 12.6. The number of allylic oxidation sites excluding steroid dienone is 2. The first kappa shape index (κ1) is 26.7. The number of ether oxygens (including phenoxy) is 1. The third-order valence-corrected chi connectivity index (χ3v) is 5.90. The number of fused-ring (bicyclic) bond motifs is 1. The highest BCUT2D eigenvalue weighted by Crippen LogP contribution is 2.36. The van der Waals surface area contributed by atoms with Crippen LogP contribution in [0.4, 0.5) is 5.69 Å². The molecule has 178 valence electrons. The zero-order valence-electron chi connectivity index (χ0n) is 21.4. The molecular weight excluding hydrogens is 418 g/mol. The van der Waals surface area contributed by atoms with Gasteiger partial charge in [-0.25, -0.2) is 0 Å². The van der Waals surface area contributed by atoms with E-state index >= 15 is 0 Å². The van der Waals surface area contributed by atoms with Crippen molar-refractivity contribution in [1.29, 1.82) is 0 Å². The molecule has 0 atom stereocenters. The van der Waals surface area contributed by atoms with Crippen molar-refractivity contribution < 1.29 is 9.53 Å². The van der Waals surface area contributed by atoms with Crippen LogP contribution in [0.3, 0.4) is 0 Å². The topological polar surface area (TPSA) is 38.3 Å². The Morgan fingerprint density at radius 1 is 0.971 bits per heavy atom. The van der Waals surface area contributed by atoms with E-state index in [1.807, 2.05) is 88.4 Å². The first-order chi connectivity index (χ1) is 16.2. The molecule has 0 heterocycles. The molecule has 0 saturated carbocycles. The predicted octanol–water partition coefficient (Wildman–Crippen LogP) is 8.54. The number of amides is 1. The molecule has 0 saturated heterocycles. The van der Waals surface area contributed by atoms with Crippen molar-refractivity contribution in [3.8, 4) is 0 Å². The maximum absolute atomic E-state index is 12.6. The smallest absolute Gasteiger partial charge is 0.228 e. The van der Waals surface area contributed by atoms with Crippen molar-refractivity contribution in [3.63, 3.8) is 0 Å². The minimum absolute atomic E-state index is 0.0522. The van der Waals surface area contributed by atoms with Crippen LogP contribution >= 0.6 is 0 Å². The number of nitrogens with one attached hydrogen (secondary N) is 1. The van der Waals surface area contributed by atoms with Crippen molar-refractivity contribution in [2.75, 3.05) is 5.32 Å². The van der Waals surface area contributed by atoms with Gasteiger partial charge >= 0.3 is 0 Å². The highest BCUT2D eigenvalue weighted by molar-refractivity contribution is 5.96. The summed E-state index contributed by atoms with van der Waals surface area (Å²) < 4.78 is 6.07. The second kappa shape index (κ2) is 12.0. The summed E-state index contributed by atoms with van der Waals surface area (Å²) >= 11 is 0. The molecule has 0 unspecified atom stereocenters. The number of carbonyl (C=O) groups excluding carboxylic acids is 1. The first-order valence-corrected chi connectivity index (χ1v) is 11.8. The molecule has 0 radical (unpaired) electrons. The molecule has 1 N–H and O–H groups in total. The minimum atomic E-state index is -0.285. The summed E-state index contributed by atoms with van der Waals surface area (Å²) in [6.07, 6.45) is 2.27. The van der Waals surface area contributed by atoms with Gasteiger partial charge in [0.25, 0.3) is 0 Å². The van der Waals surface area contributed by atoms with Crippen molar-refractivity contribution in [2.24, 2.45) is 5.41 Å². The molecule has 3 nitrogen and oxygen atoms in total. The van der Waals surface area contributed by atoms with Crippen LogP contribution in [-0.2, 0) is 16.0 Å². The van der Waals surface area contributed by atoms with Gasteiger partial charge in [-0.3, -0.25) is 4.79 Å². The zero-order chi connectivity index (χ0) is 25.3. The van der Waals surface area contributed by atoms with Gasteiger partial charge in [0.05, 0.1) is 6.42 Å². The summed E-state index contributed by atoms with van der Waals surface area (Å²) in [6.45, 7) is 20.2. The molecule has 0 aromatic heterocycles. The van der Waals surface area contributed by atoms with Crippen molar-refractivity contribution in [3.05, 3.63) is 108 Å². The van der Waals surface area contributed by atoms with Gasteiger partial charge in [0.2, 0.25) is 5.91 Å². The number of carbonyl (C=O) groups is 1. The van der Waals surface area contributed by atoms with Crippen LogP contribution in [0.2, 0.25) is 0 Å². The van der Waals surface area contributed by atoms with E-state index in [0.717, 1.165) is 38.9 Å². The largest absolute Gasteiger partial charge is 0.461 e. The average Bonchev–Trinajstić information content (AvgIpc) is 2.84. The van der Waals surface area contributed by atoms with Gasteiger partial charge in [-0.15, -0.1) is 0 Å². The number of rotatable bonds is 8.